The van der Waals surface area contributed by atoms with Crippen LogP contribution in [0.5, 0.6) is 0 Å². The predicted octanol–water partition coefficient (Wildman–Crippen LogP) is 1.79. The number of guanidine groups is 1. The lowest BCUT2D eigenvalue weighted by atomic mass is 10.1. The van der Waals surface area contributed by atoms with E-state index in [1.54, 1.807) is 14.0 Å². The summed E-state index contributed by atoms with van der Waals surface area (Å²) in [6.45, 7) is 9.37. The van der Waals surface area contributed by atoms with Crippen LogP contribution in [0, 0.1) is 0 Å². The Morgan fingerprint density at radius 3 is 2.22 bits per heavy atom. The van der Waals surface area contributed by atoms with Crippen LogP contribution in [0.2, 0.25) is 0 Å². The van der Waals surface area contributed by atoms with Crippen molar-refractivity contribution in [3.8, 4) is 0 Å². The van der Waals surface area contributed by atoms with Crippen LogP contribution in [0.3, 0.4) is 0 Å². The molecule has 0 saturated heterocycles. The molecule has 1 atom stereocenters. The van der Waals surface area contributed by atoms with E-state index in [0.29, 0.717) is 25.6 Å². The molecule has 7 nitrogen and oxygen atoms in total. The number of halogens is 1. The van der Waals surface area contributed by atoms with E-state index >= 15 is 0 Å². The van der Waals surface area contributed by atoms with Crippen LogP contribution in [0.4, 0.5) is 0 Å². The average Bonchev–Trinajstić information content (AvgIpc) is 2.67. The second kappa shape index (κ2) is 14.1. The third kappa shape index (κ3) is 9.72. The lowest BCUT2D eigenvalue weighted by Crippen LogP contribution is -2.45. The molecule has 0 aliphatic carbocycles. The summed E-state index contributed by atoms with van der Waals surface area (Å²) in [7, 11) is -1.45. The average molecular weight is 511 g/mol. The molecule has 0 spiro atoms. The maximum Gasteiger partial charge on any atom is 0.211 e. The molecule has 156 valence electrons. The van der Waals surface area contributed by atoms with Gasteiger partial charge in [-0.25, -0.2) is 13.1 Å². The van der Waals surface area contributed by atoms with Gasteiger partial charge in [0.05, 0.1) is 11.8 Å². The van der Waals surface area contributed by atoms with Gasteiger partial charge in [-0.1, -0.05) is 44.2 Å². The second-order valence-corrected chi connectivity index (χ2v) is 7.92. The number of hydrogen-bond donors (Lipinski definition) is 3. The molecule has 0 heterocycles. The van der Waals surface area contributed by atoms with Crippen LogP contribution in [0.25, 0.3) is 0 Å². The molecule has 27 heavy (non-hydrogen) atoms. The Labute approximate surface area is 181 Å². The van der Waals surface area contributed by atoms with Crippen LogP contribution >= 0.6 is 24.0 Å². The third-order valence-corrected chi connectivity index (χ3v) is 5.65. The Kier molecular flexibility index (Phi) is 13.7. The van der Waals surface area contributed by atoms with Gasteiger partial charge in [0.15, 0.2) is 5.96 Å². The van der Waals surface area contributed by atoms with Gasteiger partial charge in [-0.05, 0) is 25.6 Å². The lowest BCUT2D eigenvalue weighted by Gasteiger charge is -2.30. The first-order chi connectivity index (χ1) is 12.5. The minimum Gasteiger partial charge on any atom is -0.355 e. The molecule has 0 amide bonds. The largest absolute Gasteiger partial charge is 0.355 e. The number of nitrogens with zero attached hydrogens (tertiary/aromatic N) is 2. The number of sulfonamides is 1. The molecular formula is C18H34IN5O2S. The molecule has 0 aromatic heterocycles. The van der Waals surface area contributed by atoms with Crippen LogP contribution in [0.1, 0.15) is 32.4 Å². The summed E-state index contributed by atoms with van der Waals surface area (Å²) in [6, 6.07) is 10.6. The highest BCUT2D eigenvalue weighted by molar-refractivity contribution is 14.0. The molecule has 1 aromatic rings. The van der Waals surface area contributed by atoms with Gasteiger partial charge in [0, 0.05) is 26.7 Å². The smallest absolute Gasteiger partial charge is 0.211 e. The number of likely N-dealkylation sites (N-methyl/N-ethyl adjacent to an activating group) is 1. The zero-order chi connectivity index (χ0) is 19.4. The molecule has 0 saturated carbocycles. The first kappa shape index (κ1) is 26.1. The van der Waals surface area contributed by atoms with E-state index in [1.807, 2.05) is 6.07 Å². The van der Waals surface area contributed by atoms with Gasteiger partial charge < -0.3 is 10.6 Å². The summed E-state index contributed by atoms with van der Waals surface area (Å²) in [5, 5.41) is 6.49. The molecule has 1 aromatic carbocycles. The summed E-state index contributed by atoms with van der Waals surface area (Å²) in [5.41, 5.74) is 1.26. The second-order valence-electron chi connectivity index (χ2n) is 5.83. The van der Waals surface area contributed by atoms with Crippen molar-refractivity contribution in [1.29, 1.82) is 0 Å². The Bertz CT molecular complexity index is 636. The summed E-state index contributed by atoms with van der Waals surface area (Å²) in [5.74, 6) is 0.747. The van der Waals surface area contributed by atoms with Gasteiger partial charge in [0.2, 0.25) is 10.0 Å². The molecule has 0 aliphatic rings. The Morgan fingerprint density at radius 2 is 1.70 bits per heavy atom. The van der Waals surface area contributed by atoms with Gasteiger partial charge in [-0.3, -0.25) is 9.89 Å². The van der Waals surface area contributed by atoms with Crippen molar-refractivity contribution >= 4 is 40.0 Å². The molecule has 1 rings (SSSR count). The minimum absolute atomic E-state index is 0. The zero-order valence-corrected chi connectivity index (χ0v) is 19.9. The van der Waals surface area contributed by atoms with Crippen LogP contribution in [-0.2, 0) is 10.0 Å². The molecule has 0 radical (unpaired) electrons. The number of rotatable bonds is 11. The van der Waals surface area contributed by atoms with Crippen LogP contribution in [0.15, 0.2) is 35.3 Å². The Balaban J connectivity index is 0.00000676. The quantitative estimate of drug-likeness (QED) is 0.183. The number of nitrogens with one attached hydrogen (secondary N) is 3. The molecule has 0 aliphatic heterocycles. The number of hydrogen-bond acceptors (Lipinski definition) is 4. The fourth-order valence-corrected chi connectivity index (χ4v) is 3.32. The normalized spacial score (nSPS) is 13.1. The Morgan fingerprint density at radius 1 is 1.07 bits per heavy atom. The monoisotopic (exact) mass is 511 g/mol. The molecule has 1 unspecified atom stereocenters. The van der Waals surface area contributed by atoms with Gasteiger partial charge in [-0.15, -0.1) is 24.0 Å². The predicted molar refractivity (Wildman–Crippen MR) is 124 cm³/mol. The topological polar surface area (TPSA) is 85.8 Å². The molecule has 9 heteroatoms. The molecule has 3 N–H and O–H groups in total. The van der Waals surface area contributed by atoms with Gasteiger partial charge in [0.1, 0.15) is 0 Å². The lowest BCUT2D eigenvalue weighted by molar-refractivity contribution is 0.219. The fourth-order valence-electron chi connectivity index (χ4n) is 2.70. The SMILES string of the molecule is CCN(CC)C(CNC(=NC)NCCNS(=O)(=O)CC)c1ccccc1.I. The third-order valence-electron chi connectivity index (χ3n) is 4.24. The fraction of sp³-hybridized carbons (Fsp3) is 0.611. The van der Waals surface area contributed by atoms with Crippen molar-refractivity contribution in [3.05, 3.63) is 35.9 Å². The van der Waals surface area contributed by atoms with Crippen molar-refractivity contribution in [2.24, 2.45) is 4.99 Å². The molecular weight excluding hydrogens is 477 g/mol. The van der Waals surface area contributed by atoms with E-state index in [4.69, 9.17) is 0 Å². The maximum atomic E-state index is 11.4. The highest BCUT2D eigenvalue weighted by Gasteiger charge is 2.18. The van der Waals surface area contributed by atoms with E-state index in [1.165, 1.54) is 5.56 Å². The molecule has 0 fully saturated rings. The first-order valence-electron chi connectivity index (χ1n) is 9.18. The Hall–Kier alpha value is -0.910. The highest BCUT2D eigenvalue weighted by atomic mass is 127. The van der Waals surface area contributed by atoms with Crippen molar-refractivity contribution < 1.29 is 8.42 Å². The van der Waals surface area contributed by atoms with E-state index in [-0.39, 0.29) is 35.8 Å². The standard InChI is InChI=1S/C18H33N5O2S.HI/c1-5-23(6-2)17(16-11-9-8-10-12-16)15-21-18(19-4)20-13-14-22-26(24,25)7-3;/h8-12,17,22H,5-7,13-15H2,1-4H3,(H2,19,20,21);1H. The van der Waals surface area contributed by atoms with Crippen LogP contribution in [-0.4, -0.2) is 64.8 Å². The zero-order valence-electron chi connectivity index (χ0n) is 16.7. The van der Waals surface area contributed by atoms with E-state index in [0.717, 1.165) is 13.1 Å². The summed E-state index contributed by atoms with van der Waals surface area (Å²) in [4.78, 5) is 6.61. The number of benzene rings is 1. The van der Waals surface area contributed by atoms with Crippen molar-refractivity contribution in [3.63, 3.8) is 0 Å². The summed E-state index contributed by atoms with van der Waals surface area (Å²) in [6.07, 6.45) is 0. The van der Waals surface area contributed by atoms with E-state index < -0.39 is 10.0 Å². The highest BCUT2D eigenvalue weighted by Crippen LogP contribution is 2.19. The first-order valence-corrected chi connectivity index (χ1v) is 10.8. The maximum absolute atomic E-state index is 11.4. The minimum atomic E-state index is -3.16. The number of aliphatic imine (C=N–C) groups is 1. The van der Waals surface area contributed by atoms with Crippen molar-refractivity contribution in [1.82, 2.24) is 20.3 Å². The van der Waals surface area contributed by atoms with Gasteiger partial charge in [-0.2, -0.15) is 0 Å². The van der Waals surface area contributed by atoms with Crippen molar-refractivity contribution in [2.45, 2.75) is 26.8 Å². The van der Waals surface area contributed by atoms with Crippen LogP contribution < -0.4 is 15.4 Å². The van der Waals surface area contributed by atoms with Crippen molar-refractivity contribution in [2.75, 3.05) is 45.5 Å². The van der Waals surface area contributed by atoms with Gasteiger partial charge in [0.25, 0.3) is 0 Å². The summed E-state index contributed by atoms with van der Waals surface area (Å²) >= 11 is 0. The summed E-state index contributed by atoms with van der Waals surface area (Å²) < 4.78 is 25.4. The van der Waals surface area contributed by atoms with E-state index in [9.17, 15) is 8.42 Å². The van der Waals surface area contributed by atoms with Gasteiger partial charge >= 0.3 is 0 Å². The van der Waals surface area contributed by atoms with E-state index in [2.05, 4.69) is 63.4 Å². The molecule has 0 bridgehead atoms.